The number of aromatic amines is 1. The van der Waals surface area contributed by atoms with Gasteiger partial charge in [0.25, 0.3) is 5.91 Å². The van der Waals surface area contributed by atoms with Gasteiger partial charge in [0.15, 0.2) is 0 Å². The second-order valence-corrected chi connectivity index (χ2v) is 7.14. The number of imidazole rings is 1. The summed E-state index contributed by atoms with van der Waals surface area (Å²) in [5.74, 6) is 1.08. The van der Waals surface area contributed by atoms with Crippen molar-refractivity contribution in [2.45, 2.75) is 39.7 Å². The first-order chi connectivity index (χ1) is 12.0. The van der Waals surface area contributed by atoms with E-state index in [1.165, 1.54) is 5.56 Å². The van der Waals surface area contributed by atoms with Gasteiger partial charge in [-0.05, 0) is 57.4 Å². The molecule has 3 aromatic rings. The molecule has 0 radical (unpaired) electrons. The van der Waals surface area contributed by atoms with Crippen LogP contribution in [0.4, 0.5) is 0 Å². The number of hydrogen-bond donors (Lipinski definition) is 1. The molecule has 1 saturated heterocycles. The van der Waals surface area contributed by atoms with Crippen molar-refractivity contribution in [1.82, 2.24) is 19.4 Å². The number of rotatable bonds is 2. The summed E-state index contributed by atoms with van der Waals surface area (Å²) in [6.07, 6.45) is 4.02. The quantitative estimate of drug-likeness (QED) is 0.774. The Morgan fingerprint density at radius 2 is 2.08 bits per heavy atom. The molecule has 130 valence electrons. The molecule has 4 rings (SSSR count). The van der Waals surface area contributed by atoms with Gasteiger partial charge >= 0.3 is 0 Å². The lowest BCUT2D eigenvalue weighted by Crippen LogP contribution is -2.31. The van der Waals surface area contributed by atoms with Gasteiger partial charge in [-0.1, -0.05) is 0 Å². The minimum absolute atomic E-state index is 0.0657. The highest BCUT2D eigenvalue weighted by Crippen LogP contribution is 2.33. The largest absolute Gasteiger partial charge is 0.358 e. The fourth-order valence-electron chi connectivity index (χ4n) is 3.98. The highest BCUT2D eigenvalue weighted by atomic mass is 16.2. The Balaban J connectivity index is 1.70. The van der Waals surface area contributed by atoms with Crippen molar-refractivity contribution in [3.63, 3.8) is 0 Å². The van der Waals surface area contributed by atoms with E-state index in [2.05, 4.69) is 28.4 Å². The van der Waals surface area contributed by atoms with Crippen LogP contribution in [0, 0.1) is 20.8 Å². The standard InChI is InChI=1S/C20H24N4O/c1-12-11-23(4)19(21-12)18-6-5-9-24(18)20(25)15-7-8-17-16(10-15)13(2)14(3)22-17/h7-8,10-11,18,22H,5-6,9H2,1-4H3/t18-/m1/s1. The smallest absolute Gasteiger partial charge is 0.254 e. The summed E-state index contributed by atoms with van der Waals surface area (Å²) in [4.78, 5) is 23.2. The number of benzene rings is 1. The van der Waals surface area contributed by atoms with Crippen LogP contribution in [0.3, 0.4) is 0 Å². The molecule has 0 spiro atoms. The molecule has 0 aliphatic carbocycles. The minimum Gasteiger partial charge on any atom is -0.358 e. The molecule has 25 heavy (non-hydrogen) atoms. The van der Waals surface area contributed by atoms with E-state index in [-0.39, 0.29) is 11.9 Å². The Morgan fingerprint density at radius 1 is 1.28 bits per heavy atom. The topological polar surface area (TPSA) is 53.9 Å². The predicted molar refractivity (Wildman–Crippen MR) is 98.7 cm³/mol. The normalized spacial score (nSPS) is 17.6. The second-order valence-electron chi connectivity index (χ2n) is 7.14. The third kappa shape index (κ3) is 2.54. The Hall–Kier alpha value is -2.56. The molecule has 2 aromatic heterocycles. The van der Waals surface area contributed by atoms with Crippen molar-refractivity contribution in [2.24, 2.45) is 7.05 Å². The van der Waals surface area contributed by atoms with E-state index in [9.17, 15) is 4.79 Å². The molecular formula is C20H24N4O. The van der Waals surface area contributed by atoms with Crippen LogP contribution < -0.4 is 0 Å². The first-order valence-corrected chi connectivity index (χ1v) is 8.85. The number of carbonyl (C=O) groups is 1. The lowest BCUT2D eigenvalue weighted by Gasteiger charge is -2.24. The molecule has 1 amide bonds. The van der Waals surface area contributed by atoms with Crippen LogP contribution in [-0.4, -0.2) is 31.9 Å². The van der Waals surface area contributed by atoms with Crippen LogP contribution in [0.1, 0.15) is 52.0 Å². The molecule has 1 N–H and O–H groups in total. The Kier molecular flexibility index (Phi) is 3.67. The fraction of sp³-hybridized carbons (Fsp3) is 0.400. The maximum Gasteiger partial charge on any atom is 0.254 e. The van der Waals surface area contributed by atoms with Gasteiger partial charge in [0, 0.05) is 41.9 Å². The molecule has 1 aliphatic rings. The number of hydrogen-bond acceptors (Lipinski definition) is 2. The van der Waals surface area contributed by atoms with Crippen molar-refractivity contribution in [1.29, 1.82) is 0 Å². The number of H-pyrrole nitrogens is 1. The van der Waals surface area contributed by atoms with Crippen LogP contribution in [-0.2, 0) is 7.05 Å². The number of aryl methyl sites for hydroxylation is 4. The van der Waals surface area contributed by atoms with Gasteiger partial charge in [-0.15, -0.1) is 0 Å². The van der Waals surface area contributed by atoms with Gasteiger partial charge in [-0.3, -0.25) is 4.79 Å². The van der Waals surface area contributed by atoms with E-state index in [1.807, 2.05) is 43.3 Å². The average molecular weight is 336 g/mol. The molecule has 5 nitrogen and oxygen atoms in total. The first-order valence-electron chi connectivity index (χ1n) is 8.85. The fourth-order valence-corrected chi connectivity index (χ4v) is 3.98. The third-order valence-electron chi connectivity index (χ3n) is 5.40. The Morgan fingerprint density at radius 3 is 2.80 bits per heavy atom. The maximum absolute atomic E-state index is 13.2. The summed E-state index contributed by atoms with van der Waals surface area (Å²) in [5.41, 5.74) is 5.21. The lowest BCUT2D eigenvalue weighted by atomic mass is 10.1. The van der Waals surface area contributed by atoms with E-state index >= 15 is 0 Å². The Bertz CT molecular complexity index is 966. The van der Waals surface area contributed by atoms with Crippen LogP contribution in [0.25, 0.3) is 10.9 Å². The van der Waals surface area contributed by atoms with Crippen molar-refractivity contribution in [3.05, 3.63) is 52.7 Å². The zero-order valence-corrected chi connectivity index (χ0v) is 15.3. The van der Waals surface area contributed by atoms with E-state index in [1.54, 1.807) is 0 Å². The summed E-state index contributed by atoms with van der Waals surface area (Å²) in [6.45, 7) is 6.95. The maximum atomic E-state index is 13.2. The van der Waals surface area contributed by atoms with Gasteiger partial charge in [0.2, 0.25) is 0 Å². The zero-order valence-electron chi connectivity index (χ0n) is 15.3. The first kappa shape index (κ1) is 15.9. The van der Waals surface area contributed by atoms with Crippen LogP contribution in [0.2, 0.25) is 0 Å². The van der Waals surface area contributed by atoms with Crippen LogP contribution >= 0.6 is 0 Å². The summed E-state index contributed by atoms with van der Waals surface area (Å²) in [6, 6.07) is 6.03. The Labute approximate surface area is 147 Å². The van der Waals surface area contributed by atoms with Gasteiger partial charge in [-0.2, -0.15) is 0 Å². The van der Waals surface area contributed by atoms with E-state index in [0.29, 0.717) is 0 Å². The van der Waals surface area contributed by atoms with Gasteiger partial charge in [0.05, 0.1) is 11.7 Å². The molecule has 5 heteroatoms. The number of nitrogens with one attached hydrogen (secondary N) is 1. The molecule has 1 aliphatic heterocycles. The number of nitrogens with zero attached hydrogens (tertiary/aromatic N) is 3. The number of aromatic nitrogens is 3. The van der Waals surface area contributed by atoms with E-state index < -0.39 is 0 Å². The SMILES string of the molecule is Cc1cn(C)c([C@H]2CCCN2C(=O)c2ccc3[nH]c(C)c(C)c3c2)n1. The summed E-state index contributed by atoms with van der Waals surface area (Å²) in [7, 11) is 2.01. The number of amides is 1. The summed E-state index contributed by atoms with van der Waals surface area (Å²) < 4.78 is 2.05. The average Bonchev–Trinajstić information content (AvgIpc) is 3.26. The van der Waals surface area contributed by atoms with Gasteiger partial charge < -0.3 is 14.5 Å². The molecule has 3 heterocycles. The zero-order chi connectivity index (χ0) is 17.7. The second kappa shape index (κ2) is 5.76. The number of fused-ring (bicyclic) bond motifs is 1. The third-order valence-corrected chi connectivity index (χ3v) is 5.40. The highest BCUT2D eigenvalue weighted by molar-refractivity contribution is 5.99. The monoisotopic (exact) mass is 336 g/mol. The minimum atomic E-state index is 0.0657. The molecule has 0 bridgehead atoms. The highest BCUT2D eigenvalue weighted by Gasteiger charge is 2.33. The lowest BCUT2D eigenvalue weighted by molar-refractivity contribution is 0.0728. The predicted octanol–water partition coefficient (Wildman–Crippen LogP) is 3.80. The molecule has 0 saturated carbocycles. The summed E-state index contributed by atoms with van der Waals surface area (Å²) >= 11 is 0. The number of carbonyl (C=O) groups excluding carboxylic acids is 1. The van der Waals surface area contributed by atoms with Crippen LogP contribution in [0.5, 0.6) is 0 Å². The van der Waals surface area contributed by atoms with E-state index in [0.717, 1.165) is 53.1 Å². The van der Waals surface area contributed by atoms with Crippen molar-refractivity contribution >= 4 is 16.8 Å². The molecule has 1 atom stereocenters. The number of likely N-dealkylation sites (tertiary alicyclic amines) is 1. The summed E-state index contributed by atoms with van der Waals surface area (Å²) in [5, 5.41) is 1.13. The van der Waals surface area contributed by atoms with Crippen molar-refractivity contribution in [2.75, 3.05) is 6.54 Å². The molecule has 1 fully saturated rings. The van der Waals surface area contributed by atoms with Crippen molar-refractivity contribution < 1.29 is 4.79 Å². The van der Waals surface area contributed by atoms with Crippen LogP contribution in [0.15, 0.2) is 24.4 Å². The molecule has 0 unspecified atom stereocenters. The van der Waals surface area contributed by atoms with Gasteiger partial charge in [-0.25, -0.2) is 4.98 Å². The van der Waals surface area contributed by atoms with E-state index in [4.69, 9.17) is 0 Å². The van der Waals surface area contributed by atoms with Gasteiger partial charge in [0.1, 0.15) is 5.82 Å². The van der Waals surface area contributed by atoms with Crippen molar-refractivity contribution in [3.8, 4) is 0 Å². The molecular weight excluding hydrogens is 312 g/mol. The molecule has 1 aromatic carbocycles.